The summed E-state index contributed by atoms with van der Waals surface area (Å²) >= 11 is 19.1. The molecule has 212 valence electrons. The predicted octanol–water partition coefficient (Wildman–Crippen LogP) is 7.10. The first-order chi connectivity index (χ1) is 18.5. The summed E-state index contributed by atoms with van der Waals surface area (Å²) in [6.07, 6.45) is 6.25. The molecule has 0 spiro atoms. The lowest BCUT2D eigenvalue weighted by atomic mass is 9.65. The summed E-state index contributed by atoms with van der Waals surface area (Å²) in [4.78, 5) is 25.9. The summed E-state index contributed by atoms with van der Waals surface area (Å²) < 4.78 is 0. The van der Waals surface area contributed by atoms with Crippen molar-refractivity contribution in [1.29, 1.82) is 0 Å². The molecule has 0 amide bonds. The van der Waals surface area contributed by atoms with Gasteiger partial charge in [0.15, 0.2) is 5.82 Å². The minimum Gasteiger partial charge on any atom is -0.481 e. The van der Waals surface area contributed by atoms with Crippen molar-refractivity contribution in [1.82, 2.24) is 14.9 Å². The molecule has 0 unspecified atom stereocenters. The number of likely N-dealkylation sites (tertiary alicyclic amines) is 1. The molecule has 10 heteroatoms. The zero-order valence-corrected chi connectivity index (χ0v) is 25.2. The third-order valence-electron chi connectivity index (χ3n) is 9.17. The number of piperidine rings is 2. The second-order valence-corrected chi connectivity index (χ2v) is 13.2. The molecule has 1 saturated carbocycles. The lowest BCUT2D eigenvalue weighted by molar-refractivity contribution is -0.158. The van der Waals surface area contributed by atoms with E-state index in [0.717, 1.165) is 63.1 Å². The molecule has 3 heterocycles. The number of nitrogens with zero attached hydrogens (tertiary/aromatic N) is 4. The topological polar surface area (TPSA) is 81.6 Å². The Bertz CT molecular complexity index is 1210. The van der Waals surface area contributed by atoms with E-state index in [9.17, 15) is 9.90 Å². The van der Waals surface area contributed by atoms with E-state index in [4.69, 9.17) is 44.8 Å². The zero-order chi connectivity index (χ0) is 27.9. The van der Waals surface area contributed by atoms with Crippen LogP contribution in [0.3, 0.4) is 0 Å². The number of carbonyl (C=O) groups is 1. The standard InChI is InChI=1S/C29H38Cl3N5O2/c1-17(23-7-6-21(30)13-24(23)31)33-26-25(32)18(2)34-28(35-26)36-11-8-19(9-12-36)20-5-4-10-37(16-20)22-14-29(3,15-22)27(38)39/h6-7,13,17,19-20,22H,4-5,8-12,14-16H2,1-3H3,(H,38,39)(H,33,34,35)/t17-,20-,22-,29-/m1/s1. The van der Waals surface area contributed by atoms with Crippen LogP contribution in [0.25, 0.3) is 0 Å². The fourth-order valence-electron chi connectivity index (χ4n) is 6.66. The van der Waals surface area contributed by atoms with Crippen LogP contribution in [0.4, 0.5) is 11.8 Å². The summed E-state index contributed by atoms with van der Waals surface area (Å²) in [5.74, 6) is 2.01. The van der Waals surface area contributed by atoms with Crippen LogP contribution in [0.15, 0.2) is 18.2 Å². The largest absolute Gasteiger partial charge is 0.481 e. The number of hydrogen-bond donors (Lipinski definition) is 2. The highest BCUT2D eigenvalue weighted by Crippen LogP contribution is 2.45. The molecular formula is C29H38Cl3N5O2. The van der Waals surface area contributed by atoms with Crippen molar-refractivity contribution in [3.63, 3.8) is 0 Å². The van der Waals surface area contributed by atoms with Crippen LogP contribution in [-0.2, 0) is 4.79 Å². The van der Waals surface area contributed by atoms with Gasteiger partial charge >= 0.3 is 5.97 Å². The van der Waals surface area contributed by atoms with E-state index in [1.807, 2.05) is 32.9 Å². The molecule has 1 aromatic carbocycles. The third kappa shape index (κ3) is 6.12. The Morgan fingerprint density at radius 2 is 1.82 bits per heavy atom. The SMILES string of the molecule is Cc1nc(N2CCC([C@@H]3CCCN([C@H]4C[C@](C)(C(=O)O)C4)C3)CC2)nc(N[C@H](C)c2ccc(Cl)cc2Cl)c1Cl. The Kier molecular flexibility index (Phi) is 8.54. The fourth-order valence-corrected chi connectivity index (χ4v) is 7.37. The number of benzene rings is 1. The minimum absolute atomic E-state index is 0.113. The van der Waals surface area contributed by atoms with Gasteiger partial charge in [0.25, 0.3) is 0 Å². The number of aliphatic carboxylic acids is 1. The summed E-state index contributed by atoms with van der Waals surface area (Å²) in [6, 6.07) is 5.80. The number of aromatic nitrogens is 2. The van der Waals surface area contributed by atoms with Gasteiger partial charge < -0.3 is 20.2 Å². The van der Waals surface area contributed by atoms with Gasteiger partial charge in [0.1, 0.15) is 5.02 Å². The average molecular weight is 595 g/mol. The summed E-state index contributed by atoms with van der Waals surface area (Å²) in [5, 5.41) is 14.6. The molecule has 2 atom stereocenters. The van der Waals surface area contributed by atoms with Gasteiger partial charge in [-0.2, -0.15) is 4.98 Å². The summed E-state index contributed by atoms with van der Waals surface area (Å²) in [5.41, 5.74) is 1.14. The number of carboxylic acids is 1. The maximum atomic E-state index is 11.5. The maximum Gasteiger partial charge on any atom is 0.309 e. The molecule has 2 saturated heterocycles. The van der Waals surface area contributed by atoms with Crippen LogP contribution in [-0.4, -0.2) is 58.2 Å². The van der Waals surface area contributed by atoms with E-state index in [-0.39, 0.29) is 6.04 Å². The van der Waals surface area contributed by atoms with Crippen molar-refractivity contribution in [3.8, 4) is 0 Å². The smallest absolute Gasteiger partial charge is 0.309 e. The molecule has 3 fully saturated rings. The van der Waals surface area contributed by atoms with E-state index >= 15 is 0 Å². The Morgan fingerprint density at radius 1 is 1.10 bits per heavy atom. The van der Waals surface area contributed by atoms with Crippen molar-refractivity contribution in [2.45, 2.75) is 71.4 Å². The quantitative estimate of drug-likeness (QED) is 0.354. The third-order valence-corrected chi connectivity index (χ3v) is 10.2. The average Bonchev–Trinajstić information content (AvgIpc) is 2.89. The molecule has 2 aliphatic heterocycles. The molecule has 0 radical (unpaired) electrons. The molecule has 1 aromatic heterocycles. The van der Waals surface area contributed by atoms with E-state index in [1.165, 1.54) is 12.8 Å². The van der Waals surface area contributed by atoms with Crippen molar-refractivity contribution >= 4 is 52.5 Å². The van der Waals surface area contributed by atoms with Crippen LogP contribution in [0.1, 0.15) is 69.7 Å². The Balaban J connectivity index is 1.20. The summed E-state index contributed by atoms with van der Waals surface area (Å²) in [7, 11) is 0. The predicted molar refractivity (Wildman–Crippen MR) is 158 cm³/mol. The molecule has 1 aliphatic carbocycles. The first-order valence-electron chi connectivity index (χ1n) is 14.0. The molecule has 0 bridgehead atoms. The van der Waals surface area contributed by atoms with E-state index in [0.29, 0.717) is 44.7 Å². The lowest BCUT2D eigenvalue weighted by Crippen LogP contribution is -2.56. The molecule has 7 nitrogen and oxygen atoms in total. The lowest BCUT2D eigenvalue weighted by Gasteiger charge is -2.51. The molecule has 39 heavy (non-hydrogen) atoms. The fraction of sp³-hybridized carbons (Fsp3) is 0.621. The number of halogens is 3. The van der Waals surface area contributed by atoms with Crippen LogP contribution in [0.2, 0.25) is 15.1 Å². The molecular weight excluding hydrogens is 557 g/mol. The van der Waals surface area contributed by atoms with Gasteiger partial charge in [0, 0.05) is 35.7 Å². The Morgan fingerprint density at radius 3 is 2.49 bits per heavy atom. The number of aryl methyl sites for hydroxylation is 1. The van der Waals surface area contributed by atoms with E-state index < -0.39 is 11.4 Å². The van der Waals surface area contributed by atoms with Crippen molar-refractivity contribution in [2.75, 3.05) is 36.4 Å². The number of nitrogens with one attached hydrogen (secondary N) is 1. The normalized spacial score (nSPS) is 27.2. The monoisotopic (exact) mass is 593 g/mol. The number of rotatable bonds is 7. The van der Waals surface area contributed by atoms with Gasteiger partial charge in [-0.1, -0.05) is 40.9 Å². The first-order valence-corrected chi connectivity index (χ1v) is 15.2. The zero-order valence-electron chi connectivity index (χ0n) is 22.9. The van der Waals surface area contributed by atoms with Gasteiger partial charge in [-0.15, -0.1) is 0 Å². The van der Waals surface area contributed by atoms with Crippen LogP contribution in [0.5, 0.6) is 0 Å². The minimum atomic E-state index is -0.652. The van der Waals surface area contributed by atoms with Gasteiger partial charge in [-0.05, 0) is 95.4 Å². The second kappa shape index (κ2) is 11.6. The van der Waals surface area contributed by atoms with E-state index in [1.54, 1.807) is 6.07 Å². The van der Waals surface area contributed by atoms with Gasteiger partial charge in [-0.3, -0.25) is 4.79 Å². The Labute approximate surface area is 246 Å². The van der Waals surface area contributed by atoms with Crippen molar-refractivity contribution in [2.24, 2.45) is 17.3 Å². The molecule has 2 aromatic rings. The Hall–Kier alpha value is -1.80. The second-order valence-electron chi connectivity index (χ2n) is 12.0. The van der Waals surface area contributed by atoms with Gasteiger partial charge in [-0.25, -0.2) is 4.98 Å². The van der Waals surface area contributed by atoms with Gasteiger partial charge in [0.05, 0.1) is 17.2 Å². The number of anilines is 2. The van der Waals surface area contributed by atoms with E-state index in [2.05, 4.69) is 15.1 Å². The number of carboxylic acid groups (broad SMARTS) is 1. The van der Waals surface area contributed by atoms with Crippen LogP contribution < -0.4 is 10.2 Å². The first kappa shape index (κ1) is 28.7. The van der Waals surface area contributed by atoms with Crippen molar-refractivity contribution < 1.29 is 9.90 Å². The van der Waals surface area contributed by atoms with Crippen LogP contribution in [0, 0.1) is 24.2 Å². The van der Waals surface area contributed by atoms with Crippen LogP contribution >= 0.6 is 34.8 Å². The van der Waals surface area contributed by atoms with Gasteiger partial charge in [0.2, 0.25) is 5.95 Å². The molecule has 3 aliphatic rings. The molecule has 2 N–H and O–H groups in total. The molecule has 5 rings (SSSR count). The summed E-state index contributed by atoms with van der Waals surface area (Å²) in [6.45, 7) is 9.86. The van der Waals surface area contributed by atoms with Crippen molar-refractivity contribution in [3.05, 3.63) is 44.5 Å². The highest BCUT2D eigenvalue weighted by Gasteiger charge is 2.49. The highest BCUT2D eigenvalue weighted by molar-refractivity contribution is 6.35. The maximum absolute atomic E-state index is 11.5. The highest BCUT2D eigenvalue weighted by atomic mass is 35.5. The number of hydrogen-bond acceptors (Lipinski definition) is 6.